The summed E-state index contributed by atoms with van der Waals surface area (Å²) in [5.74, 6) is 0.608. The molecule has 2 aliphatic carbocycles. The number of hydrogen-bond donors (Lipinski definition) is 2. The molecular formula is C18H33NO2. The van der Waals surface area contributed by atoms with Crippen molar-refractivity contribution in [3.8, 4) is 0 Å². The second kappa shape index (κ2) is 6.68. The van der Waals surface area contributed by atoms with Gasteiger partial charge in [-0.1, -0.05) is 52.9 Å². The molecule has 0 saturated heterocycles. The third-order valence-corrected chi connectivity index (χ3v) is 5.50. The van der Waals surface area contributed by atoms with Crippen molar-refractivity contribution in [3.05, 3.63) is 0 Å². The fourth-order valence-corrected chi connectivity index (χ4v) is 4.28. The Morgan fingerprint density at radius 2 is 1.71 bits per heavy atom. The van der Waals surface area contributed by atoms with Crippen LogP contribution in [0.15, 0.2) is 0 Å². The van der Waals surface area contributed by atoms with E-state index in [0.29, 0.717) is 18.4 Å². The Bertz CT molecular complexity index is 353. The topological polar surface area (TPSA) is 49.3 Å². The Labute approximate surface area is 129 Å². The molecule has 0 aliphatic heterocycles. The van der Waals surface area contributed by atoms with Crippen LogP contribution in [-0.4, -0.2) is 22.7 Å². The third kappa shape index (κ3) is 4.70. The number of hydrogen-bond acceptors (Lipinski definition) is 2. The molecule has 0 aromatic carbocycles. The van der Waals surface area contributed by atoms with Gasteiger partial charge >= 0.3 is 0 Å². The fraction of sp³-hybridized carbons (Fsp3) is 0.944. The molecule has 0 unspecified atom stereocenters. The number of nitrogens with one attached hydrogen (secondary N) is 1. The molecule has 0 aromatic heterocycles. The van der Waals surface area contributed by atoms with Crippen molar-refractivity contribution in [1.82, 2.24) is 5.32 Å². The second-order valence-corrected chi connectivity index (χ2v) is 8.39. The highest BCUT2D eigenvalue weighted by molar-refractivity contribution is 5.77. The molecule has 1 amide bonds. The second-order valence-electron chi connectivity index (χ2n) is 8.39. The first-order valence-corrected chi connectivity index (χ1v) is 8.82. The summed E-state index contributed by atoms with van der Waals surface area (Å²) in [6.45, 7) is 6.82. The van der Waals surface area contributed by atoms with E-state index in [1.165, 1.54) is 25.7 Å². The Balaban J connectivity index is 1.91. The zero-order chi connectivity index (χ0) is 15.5. The zero-order valence-electron chi connectivity index (χ0n) is 14.1. The molecule has 3 nitrogen and oxygen atoms in total. The Hall–Kier alpha value is -0.570. The molecule has 0 bridgehead atoms. The van der Waals surface area contributed by atoms with E-state index in [9.17, 15) is 9.90 Å². The molecule has 2 saturated carbocycles. The summed E-state index contributed by atoms with van der Waals surface area (Å²) in [6, 6.07) is 0.290. The number of carbonyl (C=O) groups excluding carboxylic acids is 1. The van der Waals surface area contributed by atoms with E-state index in [4.69, 9.17) is 0 Å². The predicted molar refractivity (Wildman–Crippen MR) is 86.0 cm³/mol. The summed E-state index contributed by atoms with van der Waals surface area (Å²) in [4.78, 5) is 12.4. The Morgan fingerprint density at radius 3 is 2.33 bits per heavy atom. The number of carbonyl (C=O) groups is 1. The molecule has 2 N–H and O–H groups in total. The summed E-state index contributed by atoms with van der Waals surface area (Å²) in [6.07, 6.45) is 9.95. The van der Waals surface area contributed by atoms with Crippen LogP contribution in [0.4, 0.5) is 0 Å². The molecule has 2 aliphatic rings. The van der Waals surface area contributed by atoms with E-state index in [1.807, 2.05) is 0 Å². The lowest BCUT2D eigenvalue weighted by Crippen LogP contribution is -2.48. The monoisotopic (exact) mass is 295 g/mol. The molecule has 2 fully saturated rings. The normalized spacial score (nSPS) is 29.9. The lowest BCUT2D eigenvalue weighted by molar-refractivity contribution is -0.129. The molecule has 0 radical (unpaired) electrons. The Kier molecular flexibility index (Phi) is 5.34. The maximum absolute atomic E-state index is 12.4. The highest BCUT2D eigenvalue weighted by Gasteiger charge is 2.37. The minimum Gasteiger partial charge on any atom is -0.389 e. The van der Waals surface area contributed by atoms with Gasteiger partial charge in [-0.3, -0.25) is 4.79 Å². The summed E-state index contributed by atoms with van der Waals surface area (Å²) >= 11 is 0. The predicted octanol–water partition coefficient (Wildman–Crippen LogP) is 3.79. The summed E-state index contributed by atoms with van der Waals surface area (Å²) in [5, 5.41) is 13.8. The van der Waals surface area contributed by atoms with Crippen molar-refractivity contribution in [3.63, 3.8) is 0 Å². The van der Waals surface area contributed by atoms with E-state index < -0.39 is 5.60 Å². The highest BCUT2D eigenvalue weighted by atomic mass is 16.3. The van der Waals surface area contributed by atoms with Gasteiger partial charge in [-0.25, -0.2) is 0 Å². The first-order valence-electron chi connectivity index (χ1n) is 8.82. The number of amides is 1. The average Bonchev–Trinajstić information content (AvgIpc) is 2.38. The minimum atomic E-state index is -0.742. The maximum Gasteiger partial charge on any atom is 0.223 e. The summed E-state index contributed by atoms with van der Waals surface area (Å²) in [5.41, 5.74) is -0.506. The standard InChI is InChI=1S/C18H33NO2/c1-17(2,3)14-9-5-6-10-15(14)19-16(20)13-18(21)11-7-4-8-12-18/h14-15,21H,4-13H2,1-3H3,(H,19,20)/t14-,15-/m1/s1. The van der Waals surface area contributed by atoms with Gasteiger partial charge in [-0.05, 0) is 37.0 Å². The van der Waals surface area contributed by atoms with Crippen molar-refractivity contribution in [2.24, 2.45) is 11.3 Å². The third-order valence-electron chi connectivity index (χ3n) is 5.50. The maximum atomic E-state index is 12.4. The largest absolute Gasteiger partial charge is 0.389 e. The first kappa shape index (κ1) is 16.8. The molecule has 3 heteroatoms. The zero-order valence-corrected chi connectivity index (χ0v) is 14.1. The quantitative estimate of drug-likeness (QED) is 0.832. The van der Waals surface area contributed by atoms with Crippen LogP contribution in [0.25, 0.3) is 0 Å². The molecule has 0 spiro atoms. The van der Waals surface area contributed by atoms with Gasteiger partial charge < -0.3 is 10.4 Å². The van der Waals surface area contributed by atoms with Crippen molar-refractivity contribution in [2.75, 3.05) is 0 Å². The van der Waals surface area contributed by atoms with Crippen molar-refractivity contribution in [1.29, 1.82) is 0 Å². The van der Waals surface area contributed by atoms with E-state index in [1.54, 1.807) is 0 Å². The Morgan fingerprint density at radius 1 is 1.10 bits per heavy atom. The van der Waals surface area contributed by atoms with Crippen LogP contribution in [-0.2, 0) is 4.79 Å². The molecule has 21 heavy (non-hydrogen) atoms. The fourth-order valence-electron chi connectivity index (χ4n) is 4.28. The van der Waals surface area contributed by atoms with Gasteiger partial charge in [0.05, 0.1) is 12.0 Å². The van der Waals surface area contributed by atoms with Crippen LogP contribution in [0.2, 0.25) is 0 Å². The molecule has 122 valence electrons. The van der Waals surface area contributed by atoms with Gasteiger partial charge in [0.2, 0.25) is 5.91 Å². The number of rotatable bonds is 3. The number of aliphatic hydroxyl groups is 1. The SMILES string of the molecule is CC(C)(C)[C@@H]1CCCC[C@H]1NC(=O)CC1(O)CCCCC1. The lowest BCUT2D eigenvalue weighted by Gasteiger charge is -2.41. The lowest BCUT2D eigenvalue weighted by atomic mass is 9.69. The summed E-state index contributed by atoms with van der Waals surface area (Å²) < 4.78 is 0. The van der Waals surface area contributed by atoms with Gasteiger partial charge in [-0.2, -0.15) is 0 Å². The van der Waals surface area contributed by atoms with Gasteiger partial charge in [0.15, 0.2) is 0 Å². The van der Waals surface area contributed by atoms with Crippen molar-refractivity contribution in [2.45, 2.75) is 96.6 Å². The van der Waals surface area contributed by atoms with E-state index in [0.717, 1.165) is 32.1 Å². The van der Waals surface area contributed by atoms with E-state index >= 15 is 0 Å². The van der Waals surface area contributed by atoms with E-state index in [-0.39, 0.29) is 11.3 Å². The van der Waals surface area contributed by atoms with Gasteiger partial charge in [0.1, 0.15) is 0 Å². The molecule has 0 aromatic rings. The molecule has 2 rings (SSSR count). The van der Waals surface area contributed by atoms with Crippen LogP contribution in [0.3, 0.4) is 0 Å². The van der Waals surface area contributed by atoms with Gasteiger partial charge in [-0.15, -0.1) is 0 Å². The van der Waals surface area contributed by atoms with Crippen molar-refractivity contribution >= 4 is 5.91 Å². The minimum absolute atomic E-state index is 0.0561. The van der Waals surface area contributed by atoms with Crippen LogP contribution >= 0.6 is 0 Å². The van der Waals surface area contributed by atoms with Gasteiger partial charge in [0.25, 0.3) is 0 Å². The molecule has 2 atom stereocenters. The first-order chi connectivity index (χ1) is 9.80. The van der Waals surface area contributed by atoms with Crippen LogP contribution < -0.4 is 5.32 Å². The van der Waals surface area contributed by atoms with Crippen LogP contribution in [0, 0.1) is 11.3 Å². The molecular weight excluding hydrogens is 262 g/mol. The van der Waals surface area contributed by atoms with Crippen molar-refractivity contribution < 1.29 is 9.90 Å². The van der Waals surface area contributed by atoms with Crippen LogP contribution in [0.1, 0.15) is 85.0 Å². The van der Waals surface area contributed by atoms with E-state index in [2.05, 4.69) is 26.1 Å². The average molecular weight is 295 g/mol. The highest BCUT2D eigenvalue weighted by Crippen LogP contribution is 2.38. The summed E-state index contributed by atoms with van der Waals surface area (Å²) in [7, 11) is 0. The van der Waals surface area contributed by atoms with Crippen LogP contribution in [0.5, 0.6) is 0 Å². The molecule has 0 heterocycles. The van der Waals surface area contributed by atoms with Gasteiger partial charge in [0, 0.05) is 6.04 Å². The smallest absolute Gasteiger partial charge is 0.223 e.